The van der Waals surface area contributed by atoms with Crippen molar-refractivity contribution in [2.45, 2.75) is 50.2 Å². The molecular weight excluding hydrogens is 421 g/mol. The highest BCUT2D eigenvalue weighted by molar-refractivity contribution is 7.15. The quantitative estimate of drug-likeness (QED) is 0.577. The fraction of sp³-hybridized carbons (Fsp3) is 0.348. The van der Waals surface area contributed by atoms with Crippen LogP contribution in [0, 0.1) is 5.82 Å². The van der Waals surface area contributed by atoms with E-state index < -0.39 is 30.2 Å². The smallest absolute Gasteiger partial charge is 0.225 e. The van der Waals surface area contributed by atoms with Gasteiger partial charge in [-0.2, -0.15) is 0 Å². The van der Waals surface area contributed by atoms with Gasteiger partial charge in [-0.3, -0.25) is 0 Å². The van der Waals surface area contributed by atoms with Gasteiger partial charge in [0, 0.05) is 18.2 Å². The standard InChI is InChI=1S/C23H22FNO5S/c1-12-20(26)21(27)22(28)23(30-12)17-8-13(2-3-15(17)11-29-23)9-19-25-10-18(31-19)14-4-6-16(24)7-5-14/h2-8,10,12,20-22,26-28H,9,11H2,1H3/t12-,20-,21+,22-,23+/m1/s1. The van der Waals surface area contributed by atoms with E-state index in [0.717, 1.165) is 26.6 Å². The molecular formula is C23H22FNO5S. The normalized spacial score (nSPS) is 30.0. The molecule has 162 valence electrons. The van der Waals surface area contributed by atoms with Gasteiger partial charge >= 0.3 is 0 Å². The van der Waals surface area contributed by atoms with Crippen LogP contribution in [0.25, 0.3) is 10.4 Å². The zero-order chi connectivity index (χ0) is 21.8. The number of ether oxygens (including phenoxy) is 2. The molecule has 31 heavy (non-hydrogen) atoms. The van der Waals surface area contributed by atoms with Crippen molar-refractivity contribution >= 4 is 11.3 Å². The van der Waals surface area contributed by atoms with Gasteiger partial charge in [-0.25, -0.2) is 9.37 Å². The molecule has 5 rings (SSSR count). The van der Waals surface area contributed by atoms with Crippen LogP contribution < -0.4 is 0 Å². The van der Waals surface area contributed by atoms with Gasteiger partial charge in [0.2, 0.25) is 5.79 Å². The summed E-state index contributed by atoms with van der Waals surface area (Å²) < 4.78 is 24.9. The third-order valence-corrected chi connectivity index (χ3v) is 6.98. The van der Waals surface area contributed by atoms with Crippen molar-refractivity contribution in [3.8, 4) is 10.4 Å². The summed E-state index contributed by atoms with van der Waals surface area (Å²) in [5.74, 6) is -1.78. The molecule has 0 saturated carbocycles. The number of fused-ring (bicyclic) bond motifs is 2. The zero-order valence-electron chi connectivity index (χ0n) is 16.7. The second-order valence-corrected chi connectivity index (χ2v) is 9.11. The lowest BCUT2D eigenvalue weighted by Crippen LogP contribution is -2.62. The summed E-state index contributed by atoms with van der Waals surface area (Å²) in [6.45, 7) is 1.88. The maximum Gasteiger partial charge on any atom is 0.225 e. The van der Waals surface area contributed by atoms with Crippen molar-refractivity contribution in [2.24, 2.45) is 0 Å². The first kappa shape index (κ1) is 20.7. The molecule has 1 fully saturated rings. The lowest BCUT2D eigenvalue weighted by Gasteiger charge is -2.45. The third-order valence-electron chi connectivity index (χ3n) is 5.93. The lowest BCUT2D eigenvalue weighted by atomic mass is 9.87. The maximum atomic E-state index is 13.2. The van der Waals surface area contributed by atoms with Crippen LogP contribution in [-0.4, -0.2) is 44.7 Å². The Labute approximate surface area is 182 Å². The fourth-order valence-corrected chi connectivity index (χ4v) is 5.17. The van der Waals surface area contributed by atoms with Crippen molar-refractivity contribution < 1.29 is 29.2 Å². The second-order valence-electron chi connectivity index (χ2n) is 8.00. The van der Waals surface area contributed by atoms with E-state index in [4.69, 9.17) is 9.47 Å². The van der Waals surface area contributed by atoms with Crippen LogP contribution in [0.3, 0.4) is 0 Å². The number of halogens is 1. The van der Waals surface area contributed by atoms with Crippen LogP contribution in [0.15, 0.2) is 48.7 Å². The molecule has 8 heteroatoms. The average molecular weight is 443 g/mol. The minimum atomic E-state index is -1.51. The van der Waals surface area contributed by atoms with E-state index in [-0.39, 0.29) is 12.4 Å². The number of hydrogen-bond acceptors (Lipinski definition) is 7. The van der Waals surface area contributed by atoms with E-state index in [1.807, 2.05) is 18.2 Å². The summed E-state index contributed by atoms with van der Waals surface area (Å²) in [7, 11) is 0. The average Bonchev–Trinajstić information content (AvgIpc) is 3.37. The SMILES string of the molecule is C[C@H]1O[C@]2(OCc3ccc(Cc4ncc(-c5ccc(F)cc5)s4)cc32)[C@H](O)[C@@H](O)[C@@H]1O. The van der Waals surface area contributed by atoms with Gasteiger partial charge in [0.15, 0.2) is 0 Å². The number of aliphatic hydroxyl groups excluding tert-OH is 3. The van der Waals surface area contributed by atoms with Crippen molar-refractivity contribution in [3.63, 3.8) is 0 Å². The van der Waals surface area contributed by atoms with Crippen LogP contribution in [0.4, 0.5) is 4.39 Å². The molecule has 3 N–H and O–H groups in total. The van der Waals surface area contributed by atoms with E-state index in [0.29, 0.717) is 12.0 Å². The molecule has 0 amide bonds. The van der Waals surface area contributed by atoms with Gasteiger partial charge < -0.3 is 24.8 Å². The van der Waals surface area contributed by atoms with E-state index in [9.17, 15) is 19.7 Å². The minimum Gasteiger partial charge on any atom is -0.388 e. The van der Waals surface area contributed by atoms with Crippen molar-refractivity contribution in [3.05, 3.63) is 76.2 Å². The van der Waals surface area contributed by atoms with Gasteiger partial charge in [0.25, 0.3) is 0 Å². The zero-order valence-corrected chi connectivity index (χ0v) is 17.6. The molecule has 2 aliphatic heterocycles. The molecule has 2 aliphatic rings. The van der Waals surface area contributed by atoms with Crippen molar-refractivity contribution in [1.29, 1.82) is 0 Å². The predicted octanol–water partition coefficient (Wildman–Crippen LogP) is 2.72. The first-order valence-electron chi connectivity index (χ1n) is 10.1. The number of aliphatic hydroxyl groups is 3. The number of hydrogen-bond donors (Lipinski definition) is 3. The lowest BCUT2D eigenvalue weighted by molar-refractivity contribution is -0.362. The first-order valence-corrected chi connectivity index (χ1v) is 10.9. The summed E-state index contributed by atoms with van der Waals surface area (Å²) >= 11 is 1.53. The monoisotopic (exact) mass is 443 g/mol. The summed E-state index contributed by atoms with van der Waals surface area (Å²) in [6, 6.07) is 12.1. The molecule has 0 radical (unpaired) electrons. The number of thiazole rings is 1. The molecule has 0 bridgehead atoms. The van der Waals surface area contributed by atoms with Gasteiger partial charge in [0.05, 0.1) is 22.6 Å². The van der Waals surface area contributed by atoms with Crippen molar-refractivity contribution in [2.75, 3.05) is 0 Å². The van der Waals surface area contributed by atoms with E-state index in [1.54, 1.807) is 25.3 Å². The van der Waals surface area contributed by atoms with Crippen LogP contribution in [-0.2, 0) is 28.3 Å². The first-order chi connectivity index (χ1) is 14.9. The van der Waals surface area contributed by atoms with Crippen LogP contribution in [0.2, 0.25) is 0 Å². The molecule has 3 heterocycles. The number of aromatic nitrogens is 1. The summed E-state index contributed by atoms with van der Waals surface area (Å²) in [6.07, 6.45) is -2.36. The molecule has 1 aromatic heterocycles. The third kappa shape index (κ3) is 3.49. The van der Waals surface area contributed by atoms with Gasteiger partial charge in [-0.15, -0.1) is 11.3 Å². The predicted molar refractivity (Wildman–Crippen MR) is 112 cm³/mol. The Bertz CT molecular complexity index is 1100. The van der Waals surface area contributed by atoms with Crippen LogP contribution in [0.1, 0.15) is 28.6 Å². The van der Waals surface area contributed by atoms with E-state index >= 15 is 0 Å². The Morgan fingerprint density at radius 3 is 2.68 bits per heavy atom. The van der Waals surface area contributed by atoms with Crippen molar-refractivity contribution in [1.82, 2.24) is 4.98 Å². The number of benzene rings is 2. The molecule has 1 saturated heterocycles. The summed E-state index contributed by atoms with van der Waals surface area (Å²) in [5.41, 5.74) is 3.38. The summed E-state index contributed by atoms with van der Waals surface area (Å²) in [5, 5.41) is 31.9. The van der Waals surface area contributed by atoms with Gasteiger partial charge in [-0.1, -0.05) is 24.3 Å². The van der Waals surface area contributed by atoms with E-state index in [1.165, 1.54) is 23.5 Å². The number of rotatable bonds is 3. The Hall–Kier alpha value is -2.20. The Kier molecular flexibility index (Phi) is 5.16. The molecule has 6 nitrogen and oxygen atoms in total. The molecule has 0 unspecified atom stereocenters. The van der Waals surface area contributed by atoms with Gasteiger partial charge in [0.1, 0.15) is 24.1 Å². The fourth-order valence-electron chi connectivity index (χ4n) is 4.21. The summed E-state index contributed by atoms with van der Waals surface area (Å²) in [4.78, 5) is 5.45. The molecule has 1 spiro atoms. The van der Waals surface area contributed by atoms with Gasteiger partial charge in [-0.05, 0) is 41.8 Å². The highest BCUT2D eigenvalue weighted by Gasteiger charge is 2.57. The largest absolute Gasteiger partial charge is 0.388 e. The second kappa shape index (κ2) is 7.74. The Balaban J connectivity index is 1.42. The highest BCUT2D eigenvalue weighted by Crippen LogP contribution is 2.46. The Morgan fingerprint density at radius 2 is 1.90 bits per heavy atom. The highest BCUT2D eigenvalue weighted by atomic mass is 32.1. The molecule has 5 atom stereocenters. The van der Waals surface area contributed by atoms with Crippen LogP contribution in [0.5, 0.6) is 0 Å². The Morgan fingerprint density at radius 1 is 1.13 bits per heavy atom. The molecule has 3 aromatic rings. The molecule has 2 aromatic carbocycles. The van der Waals surface area contributed by atoms with E-state index in [2.05, 4.69) is 4.98 Å². The maximum absolute atomic E-state index is 13.2. The minimum absolute atomic E-state index is 0.244. The number of nitrogens with zero attached hydrogens (tertiary/aromatic N) is 1. The topological polar surface area (TPSA) is 92.0 Å². The van der Waals surface area contributed by atoms with Crippen LogP contribution >= 0.6 is 11.3 Å². The molecule has 0 aliphatic carbocycles.